The molecule has 3 aromatic carbocycles. The molecular formula is C28H30B2N2O3. The molecule has 2 N–H and O–H groups in total. The molecule has 3 aliphatic heterocycles. The summed E-state index contributed by atoms with van der Waals surface area (Å²) in [5.41, 5.74) is 8.37. The topological polar surface area (TPSA) is 57.9 Å². The maximum atomic E-state index is 10.0. The summed E-state index contributed by atoms with van der Waals surface area (Å²) >= 11 is 0. The van der Waals surface area contributed by atoms with E-state index >= 15 is 0 Å². The molecule has 0 atom stereocenters. The lowest BCUT2D eigenvalue weighted by Gasteiger charge is -2.29. The van der Waals surface area contributed by atoms with Gasteiger partial charge in [0.2, 0.25) is 0 Å². The van der Waals surface area contributed by atoms with Crippen LogP contribution in [0.2, 0.25) is 12.6 Å². The molecule has 0 aliphatic carbocycles. The number of nitrogens with zero attached hydrogens (tertiary/aromatic N) is 2. The first-order chi connectivity index (χ1) is 17.2. The molecule has 0 amide bonds. The molecule has 7 rings (SSSR count). The highest BCUT2D eigenvalue weighted by Gasteiger charge is 2.26. The van der Waals surface area contributed by atoms with Gasteiger partial charge >= 0.3 is 13.8 Å². The molecule has 176 valence electrons. The molecule has 1 saturated heterocycles. The average Bonchev–Trinajstić information content (AvgIpc) is 3.62. The Bertz CT molecular complexity index is 1350. The Morgan fingerprint density at radius 1 is 0.714 bits per heavy atom. The molecule has 5 nitrogen and oxygen atoms in total. The van der Waals surface area contributed by atoms with E-state index in [9.17, 15) is 10.0 Å². The van der Waals surface area contributed by atoms with Crippen LogP contribution >= 0.6 is 0 Å². The molecule has 0 saturated carbocycles. The first-order valence-electron chi connectivity index (χ1n) is 12.7. The zero-order chi connectivity index (χ0) is 23.8. The van der Waals surface area contributed by atoms with E-state index in [1.54, 1.807) is 0 Å². The van der Waals surface area contributed by atoms with Gasteiger partial charge in [-0.2, -0.15) is 0 Å². The Morgan fingerprint density at radius 3 is 2.06 bits per heavy atom. The Labute approximate surface area is 207 Å². The Morgan fingerprint density at radius 2 is 1.34 bits per heavy atom. The number of rotatable bonds is 2. The summed E-state index contributed by atoms with van der Waals surface area (Å²) in [6, 6.07) is 23.4. The molecule has 1 aromatic heterocycles. The van der Waals surface area contributed by atoms with E-state index in [1.807, 2.05) is 0 Å². The van der Waals surface area contributed by atoms with E-state index in [0.29, 0.717) is 0 Å². The van der Waals surface area contributed by atoms with Crippen molar-refractivity contribution in [2.24, 2.45) is 0 Å². The minimum absolute atomic E-state index is 0.254. The Hall–Kier alpha value is -2.99. The molecule has 0 spiro atoms. The van der Waals surface area contributed by atoms with Gasteiger partial charge in [-0.15, -0.1) is 0 Å². The van der Waals surface area contributed by atoms with Crippen LogP contribution in [-0.4, -0.2) is 54.7 Å². The van der Waals surface area contributed by atoms with E-state index in [1.165, 1.54) is 27.7 Å². The highest BCUT2D eigenvalue weighted by Crippen LogP contribution is 2.23. The molecule has 4 aromatic rings. The van der Waals surface area contributed by atoms with Gasteiger partial charge in [-0.25, -0.2) is 0 Å². The Kier molecular flexibility index (Phi) is 6.15. The van der Waals surface area contributed by atoms with Crippen molar-refractivity contribution in [1.29, 1.82) is 0 Å². The number of aryl methyl sites for hydroxylation is 2. The van der Waals surface area contributed by atoms with Crippen LogP contribution in [0.1, 0.15) is 11.1 Å². The van der Waals surface area contributed by atoms with Crippen LogP contribution in [0.4, 0.5) is 5.69 Å². The molecule has 0 radical (unpaired) electrons. The summed E-state index contributed by atoms with van der Waals surface area (Å²) in [6.07, 6.45) is 5.82. The van der Waals surface area contributed by atoms with Gasteiger partial charge in [-0.1, -0.05) is 41.5 Å². The van der Waals surface area contributed by atoms with Gasteiger partial charge in [0.25, 0.3) is 0 Å². The molecule has 1 fully saturated rings. The number of benzene rings is 3. The average molecular weight is 464 g/mol. The number of aromatic nitrogens is 1. The van der Waals surface area contributed by atoms with E-state index in [0.717, 1.165) is 68.4 Å². The fourth-order valence-corrected chi connectivity index (χ4v) is 5.61. The lowest BCUT2D eigenvalue weighted by Crippen LogP contribution is -2.37. The highest BCUT2D eigenvalue weighted by molar-refractivity contribution is 6.68. The summed E-state index contributed by atoms with van der Waals surface area (Å²) in [6.45, 7) is 2.97. The molecule has 3 aliphatic rings. The van der Waals surface area contributed by atoms with Gasteiger partial charge < -0.3 is 24.3 Å². The number of ether oxygens (including phenoxy) is 1. The van der Waals surface area contributed by atoms with Crippen molar-refractivity contribution in [3.63, 3.8) is 0 Å². The zero-order valence-corrected chi connectivity index (χ0v) is 19.9. The maximum Gasteiger partial charge on any atom is 0.324 e. The second-order valence-corrected chi connectivity index (χ2v) is 9.72. The van der Waals surface area contributed by atoms with Gasteiger partial charge in [0.15, 0.2) is 0 Å². The smallest absolute Gasteiger partial charge is 0.324 e. The predicted octanol–water partition coefficient (Wildman–Crippen LogP) is 2.65. The van der Waals surface area contributed by atoms with E-state index in [4.69, 9.17) is 4.74 Å². The van der Waals surface area contributed by atoms with Crippen molar-refractivity contribution >= 4 is 41.3 Å². The van der Waals surface area contributed by atoms with E-state index < -0.39 is 0 Å². The second kappa shape index (κ2) is 9.57. The van der Waals surface area contributed by atoms with Crippen LogP contribution in [0, 0.1) is 0 Å². The zero-order valence-electron chi connectivity index (χ0n) is 19.9. The van der Waals surface area contributed by atoms with Gasteiger partial charge in [0.1, 0.15) is 0 Å². The molecule has 7 heteroatoms. The minimum Gasteiger partial charge on any atom is -0.446 e. The monoisotopic (exact) mass is 464 g/mol. The number of para-hydroxylation sites is 1. The van der Waals surface area contributed by atoms with Crippen molar-refractivity contribution in [3.8, 4) is 5.69 Å². The number of morpholine rings is 1. The SMILES string of the molecule is OB1CCc2ccc(-n3ccc4ccccc43)cc21.OB1CCc2ccc(N3CCOCC3)cc21. The summed E-state index contributed by atoms with van der Waals surface area (Å²) in [7, 11) is 0. The first-order valence-corrected chi connectivity index (χ1v) is 12.7. The Balaban J connectivity index is 0.000000133. The highest BCUT2D eigenvalue weighted by atomic mass is 16.5. The number of anilines is 1. The summed E-state index contributed by atoms with van der Waals surface area (Å²) < 4.78 is 7.53. The third kappa shape index (κ3) is 4.40. The largest absolute Gasteiger partial charge is 0.446 e. The van der Waals surface area contributed by atoms with Gasteiger partial charge in [0.05, 0.1) is 18.7 Å². The van der Waals surface area contributed by atoms with E-state index in [-0.39, 0.29) is 13.8 Å². The minimum atomic E-state index is -0.295. The van der Waals surface area contributed by atoms with E-state index in [2.05, 4.69) is 82.4 Å². The van der Waals surface area contributed by atoms with Crippen LogP contribution in [0.15, 0.2) is 72.9 Å². The number of hydrogen-bond donors (Lipinski definition) is 2. The summed E-state index contributed by atoms with van der Waals surface area (Å²) in [5.74, 6) is 0. The van der Waals surface area contributed by atoms with Gasteiger partial charge in [-0.3, -0.25) is 0 Å². The van der Waals surface area contributed by atoms with Crippen LogP contribution in [0.25, 0.3) is 16.6 Å². The van der Waals surface area contributed by atoms with Crippen molar-refractivity contribution in [2.45, 2.75) is 25.5 Å². The van der Waals surface area contributed by atoms with Crippen molar-refractivity contribution in [2.75, 3.05) is 31.2 Å². The molecule has 4 heterocycles. The maximum absolute atomic E-state index is 10.0. The normalized spacial score (nSPS) is 16.8. The van der Waals surface area contributed by atoms with Crippen molar-refractivity contribution in [1.82, 2.24) is 4.57 Å². The fourth-order valence-electron chi connectivity index (χ4n) is 5.61. The van der Waals surface area contributed by atoms with Crippen LogP contribution in [0.5, 0.6) is 0 Å². The standard InChI is InChI=1S/C16H14BNO.C12H16BNO2/c19-17-9-7-12-5-6-14(11-15(12)17)18-10-8-13-3-1-2-4-16(13)18;15-13-4-3-10-1-2-11(9-12(10)13)14-5-7-16-8-6-14/h1-6,8,10-11,19H,7,9H2;1-2,9,15H,3-8H2. The summed E-state index contributed by atoms with van der Waals surface area (Å²) in [4.78, 5) is 2.33. The van der Waals surface area contributed by atoms with Crippen LogP contribution in [0.3, 0.4) is 0 Å². The van der Waals surface area contributed by atoms with Crippen LogP contribution in [-0.2, 0) is 17.6 Å². The fraction of sp³-hybridized carbons (Fsp3) is 0.286. The first kappa shape index (κ1) is 22.5. The van der Waals surface area contributed by atoms with Gasteiger partial charge in [0, 0.05) is 30.7 Å². The molecule has 0 unspecified atom stereocenters. The lowest BCUT2D eigenvalue weighted by atomic mass is 9.63. The van der Waals surface area contributed by atoms with Gasteiger partial charge in [-0.05, 0) is 78.2 Å². The molecule has 35 heavy (non-hydrogen) atoms. The second-order valence-electron chi connectivity index (χ2n) is 9.72. The van der Waals surface area contributed by atoms with Crippen LogP contribution < -0.4 is 15.8 Å². The number of hydrogen-bond acceptors (Lipinski definition) is 4. The predicted molar refractivity (Wildman–Crippen MR) is 145 cm³/mol. The molecule has 0 bridgehead atoms. The lowest BCUT2D eigenvalue weighted by molar-refractivity contribution is 0.122. The van der Waals surface area contributed by atoms with Crippen molar-refractivity contribution in [3.05, 3.63) is 84.1 Å². The third-order valence-electron chi connectivity index (χ3n) is 7.60. The van der Waals surface area contributed by atoms with Crippen molar-refractivity contribution < 1.29 is 14.8 Å². The number of fused-ring (bicyclic) bond motifs is 3. The molecular weight excluding hydrogens is 434 g/mol. The quantitative estimate of drug-likeness (QED) is 0.448. The third-order valence-corrected chi connectivity index (χ3v) is 7.60. The summed E-state index contributed by atoms with van der Waals surface area (Å²) in [5, 5.41) is 21.1.